The van der Waals surface area contributed by atoms with Crippen molar-refractivity contribution in [3.63, 3.8) is 0 Å². The van der Waals surface area contributed by atoms with Gasteiger partial charge in [-0.15, -0.1) is 0 Å². The van der Waals surface area contributed by atoms with Crippen molar-refractivity contribution in [1.29, 1.82) is 0 Å². The van der Waals surface area contributed by atoms with Gasteiger partial charge in [0.1, 0.15) is 6.17 Å². The summed E-state index contributed by atoms with van der Waals surface area (Å²) in [4.78, 5) is 12.8. The summed E-state index contributed by atoms with van der Waals surface area (Å²) in [5.41, 5.74) is 11.3. The van der Waals surface area contributed by atoms with Crippen LogP contribution in [0.1, 0.15) is 42.0 Å². The molecule has 2 aromatic carbocycles. The molecule has 150 valence electrons. The lowest BCUT2D eigenvalue weighted by Crippen LogP contribution is -2.59. The Hall–Kier alpha value is -2.70. The van der Waals surface area contributed by atoms with Crippen molar-refractivity contribution >= 4 is 17.3 Å². The highest BCUT2D eigenvalue weighted by Crippen LogP contribution is 2.42. The zero-order chi connectivity index (χ0) is 20.0. The van der Waals surface area contributed by atoms with Gasteiger partial charge in [-0.1, -0.05) is 42.0 Å². The van der Waals surface area contributed by atoms with Gasteiger partial charge in [-0.05, 0) is 62.3 Å². The molecule has 0 spiro atoms. The first-order chi connectivity index (χ1) is 14.1. The van der Waals surface area contributed by atoms with Crippen LogP contribution in [-0.2, 0) is 4.79 Å². The molecule has 2 aromatic rings. The molecule has 2 saturated heterocycles. The first-order valence-corrected chi connectivity index (χ1v) is 10.4. The Balaban J connectivity index is 1.47. The van der Waals surface area contributed by atoms with Crippen molar-refractivity contribution in [2.45, 2.75) is 51.4 Å². The molecule has 1 aliphatic carbocycles. The molecule has 1 saturated carbocycles. The minimum Gasteiger partial charge on any atom is -0.292 e. The second-order valence-electron chi connectivity index (χ2n) is 8.45. The summed E-state index contributed by atoms with van der Waals surface area (Å²) in [6.07, 6.45) is 3.29. The number of nitrogens with one attached hydrogen (secondary N) is 3. The van der Waals surface area contributed by atoms with Crippen LogP contribution in [0.25, 0.3) is 0 Å². The monoisotopic (exact) mass is 389 g/mol. The Morgan fingerprint density at radius 2 is 1.90 bits per heavy atom. The maximum atomic E-state index is 12.8. The molecule has 0 radical (unpaired) electrons. The van der Waals surface area contributed by atoms with Gasteiger partial charge < -0.3 is 0 Å². The van der Waals surface area contributed by atoms with E-state index in [0.717, 1.165) is 12.1 Å². The maximum absolute atomic E-state index is 12.8. The minimum absolute atomic E-state index is 0.140. The number of amides is 1. The van der Waals surface area contributed by atoms with Crippen LogP contribution in [0.5, 0.6) is 0 Å². The quantitative estimate of drug-likeness (QED) is 0.702. The first kappa shape index (κ1) is 18.3. The highest BCUT2D eigenvalue weighted by Gasteiger charge is 2.49. The first-order valence-electron chi connectivity index (χ1n) is 10.4. The SMILES string of the molecule is Cc1ccc(C2CC(C3CC3)NC3C(=NNc4ccccc4)C(=O)NN32)c(C)c1. The normalized spacial score (nSPS) is 28.3. The molecule has 5 rings (SSSR count). The molecule has 3 fully saturated rings. The number of benzene rings is 2. The second kappa shape index (κ2) is 7.28. The van der Waals surface area contributed by atoms with Crippen molar-refractivity contribution in [1.82, 2.24) is 15.8 Å². The van der Waals surface area contributed by atoms with Crippen molar-refractivity contribution in [2.75, 3.05) is 5.43 Å². The summed E-state index contributed by atoms with van der Waals surface area (Å²) >= 11 is 0. The molecule has 3 N–H and O–H groups in total. The predicted octanol–water partition coefficient (Wildman–Crippen LogP) is 3.26. The van der Waals surface area contributed by atoms with Crippen molar-refractivity contribution in [3.05, 3.63) is 65.2 Å². The second-order valence-corrected chi connectivity index (χ2v) is 8.45. The largest absolute Gasteiger partial charge is 0.292 e. The Bertz CT molecular complexity index is 953. The fourth-order valence-corrected chi connectivity index (χ4v) is 4.59. The number of rotatable bonds is 4. The van der Waals surface area contributed by atoms with E-state index in [1.807, 2.05) is 30.3 Å². The number of carbonyl (C=O) groups excluding carboxylic acids is 1. The maximum Gasteiger partial charge on any atom is 0.285 e. The van der Waals surface area contributed by atoms with Crippen molar-refractivity contribution in [3.8, 4) is 0 Å². The van der Waals surface area contributed by atoms with Gasteiger partial charge in [0.15, 0.2) is 5.71 Å². The lowest BCUT2D eigenvalue weighted by Gasteiger charge is -2.42. The van der Waals surface area contributed by atoms with Gasteiger partial charge >= 0.3 is 0 Å². The third kappa shape index (κ3) is 3.54. The molecule has 3 unspecified atom stereocenters. The van der Waals surface area contributed by atoms with E-state index >= 15 is 0 Å². The fourth-order valence-electron chi connectivity index (χ4n) is 4.59. The van der Waals surface area contributed by atoms with E-state index in [4.69, 9.17) is 0 Å². The standard InChI is InChI=1S/C23H27N5O/c1-14-8-11-18(15(2)12-14)20-13-19(16-9-10-16)24-22-21(23(29)27-28(20)22)26-25-17-6-4-3-5-7-17/h3-8,11-12,16,19-20,22,24-25H,9-10,13H2,1-2H3,(H,27,29). The molecule has 3 aliphatic rings. The number of hydrogen-bond donors (Lipinski definition) is 3. The molecule has 6 heteroatoms. The summed E-state index contributed by atoms with van der Waals surface area (Å²) < 4.78 is 0. The lowest BCUT2D eigenvalue weighted by molar-refractivity contribution is -0.118. The topological polar surface area (TPSA) is 68.8 Å². The summed E-state index contributed by atoms with van der Waals surface area (Å²) in [5.74, 6) is 0.557. The molecule has 29 heavy (non-hydrogen) atoms. The van der Waals surface area contributed by atoms with E-state index in [-0.39, 0.29) is 18.1 Å². The zero-order valence-electron chi connectivity index (χ0n) is 16.9. The van der Waals surface area contributed by atoms with Crippen LogP contribution < -0.4 is 16.2 Å². The van der Waals surface area contributed by atoms with Crippen molar-refractivity contribution in [2.24, 2.45) is 11.0 Å². The third-order valence-corrected chi connectivity index (χ3v) is 6.24. The molecule has 0 bridgehead atoms. The average Bonchev–Trinajstić information content (AvgIpc) is 3.51. The minimum atomic E-state index is -0.233. The van der Waals surface area contributed by atoms with E-state index in [2.05, 4.69) is 58.3 Å². The Morgan fingerprint density at radius 1 is 1.10 bits per heavy atom. The highest BCUT2D eigenvalue weighted by molar-refractivity contribution is 6.42. The summed E-state index contributed by atoms with van der Waals surface area (Å²) in [7, 11) is 0. The molecule has 6 nitrogen and oxygen atoms in total. The van der Waals surface area contributed by atoms with E-state index in [1.165, 1.54) is 29.5 Å². The van der Waals surface area contributed by atoms with E-state index in [9.17, 15) is 4.79 Å². The predicted molar refractivity (Wildman–Crippen MR) is 114 cm³/mol. The molecule has 2 aliphatic heterocycles. The van der Waals surface area contributed by atoms with Crippen LogP contribution in [0.2, 0.25) is 0 Å². The van der Waals surface area contributed by atoms with Gasteiger partial charge in [-0.2, -0.15) is 10.1 Å². The van der Waals surface area contributed by atoms with Gasteiger partial charge in [0, 0.05) is 6.04 Å². The Morgan fingerprint density at radius 3 is 2.62 bits per heavy atom. The molecular weight excluding hydrogens is 362 g/mol. The summed E-state index contributed by atoms with van der Waals surface area (Å²) in [6, 6.07) is 16.9. The fraction of sp³-hybridized carbons (Fsp3) is 0.391. The van der Waals surface area contributed by atoms with E-state index in [1.54, 1.807) is 0 Å². The molecule has 3 atom stereocenters. The van der Waals surface area contributed by atoms with Gasteiger partial charge in [-0.25, -0.2) is 0 Å². The van der Waals surface area contributed by atoms with Crippen LogP contribution in [0.15, 0.2) is 53.6 Å². The van der Waals surface area contributed by atoms with Gasteiger partial charge in [-0.3, -0.25) is 21.0 Å². The number of fused-ring (bicyclic) bond motifs is 1. The van der Waals surface area contributed by atoms with Crippen molar-refractivity contribution < 1.29 is 4.79 Å². The number of aryl methyl sites for hydroxylation is 2. The van der Waals surface area contributed by atoms with Crippen LogP contribution in [0.3, 0.4) is 0 Å². The molecule has 1 amide bonds. The van der Waals surface area contributed by atoms with Gasteiger partial charge in [0.25, 0.3) is 5.91 Å². The number of carbonyl (C=O) groups is 1. The molecule has 2 heterocycles. The van der Waals surface area contributed by atoms with E-state index in [0.29, 0.717) is 17.7 Å². The van der Waals surface area contributed by atoms with Crippen LogP contribution in [0, 0.1) is 19.8 Å². The summed E-state index contributed by atoms with van der Waals surface area (Å²) in [5, 5.41) is 10.2. The molecular formula is C23H27N5O. The zero-order valence-corrected chi connectivity index (χ0v) is 16.9. The third-order valence-electron chi connectivity index (χ3n) is 6.24. The number of hydrazone groups is 1. The number of anilines is 1. The number of para-hydroxylation sites is 1. The van der Waals surface area contributed by atoms with Gasteiger partial charge in [0.05, 0.1) is 11.7 Å². The lowest BCUT2D eigenvalue weighted by atomic mass is 9.90. The van der Waals surface area contributed by atoms with Crippen LogP contribution in [-0.4, -0.2) is 28.8 Å². The number of hydrazine groups is 1. The van der Waals surface area contributed by atoms with E-state index < -0.39 is 0 Å². The van der Waals surface area contributed by atoms with Crippen LogP contribution >= 0.6 is 0 Å². The average molecular weight is 390 g/mol. The summed E-state index contributed by atoms with van der Waals surface area (Å²) in [6.45, 7) is 4.28. The Kier molecular flexibility index (Phi) is 4.60. The Labute approximate surface area is 171 Å². The smallest absolute Gasteiger partial charge is 0.285 e. The number of nitrogens with zero attached hydrogens (tertiary/aromatic N) is 2. The van der Waals surface area contributed by atoms with Gasteiger partial charge in [0.2, 0.25) is 0 Å². The van der Waals surface area contributed by atoms with Crippen LogP contribution in [0.4, 0.5) is 5.69 Å². The highest BCUT2D eigenvalue weighted by atomic mass is 16.2. The number of hydrogen-bond acceptors (Lipinski definition) is 5. The molecule has 0 aromatic heterocycles.